The second kappa shape index (κ2) is 13.6. The van der Waals surface area contributed by atoms with Crippen LogP contribution in [-0.2, 0) is 26.2 Å². The van der Waals surface area contributed by atoms with E-state index in [0.29, 0.717) is 24.4 Å². The summed E-state index contributed by atoms with van der Waals surface area (Å²) in [5.41, 5.74) is 1.36. The van der Waals surface area contributed by atoms with Crippen molar-refractivity contribution in [1.82, 2.24) is 10.2 Å². The first kappa shape index (κ1) is 29.6. The van der Waals surface area contributed by atoms with Gasteiger partial charge in [-0.2, -0.15) is 0 Å². The number of sulfonamides is 1. The van der Waals surface area contributed by atoms with Crippen molar-refractivity contribution in [3.63, 3.8) is 0 Å². The Labute approximate surface area is 223 Å². The number of anilines is 1. The quantitative estimate of drug-likeness (QED) is 0.382. The van der Waals surface area contributed by atoms with Gasteiger partial charge in [0.1, 0.15) is 11.8 Å². The minimum absolute atomic E-state index is 0.0916. The number of halogens is 1. The molecule has 8 nitrogen and oxygen atoms in total. The molecule has 0 radical (unpaired) electrons. The van der Waals surface area contributed by atoms with Gasteiger partial charge in [0.2, 0.25) is 21.8 Å². The number of hydrogen-bond acceptors (Lipinski definition) is 5. The summed E-state index contributed by atoms with van der Waals surface area (Å²) in [5.74, 6) is 0.391. The average Bonchev–Trinajstić information content (AvgIpc) is 2.83. The van der Waals surface area contributed by atoms with Crippen molar-refractivity contribution in [3.05, 3.63) is 58.6 Å². The van der Waals surface area contributed by atoms with Gasteiger partial charge in [-0.1, -0.05) is 48.0 Å². The lowest BCUT2D eigenvalue weighted by Gasteiger charge is -2.29. The zero-order valence-corrected chi connectivity index (χ0v) is 23.9. The van der Waals surface area contributed by atoms with Crippen molar-refractivity contribution in [2.75, 3.05) is 30.8 Å². The van der Waals surface area contributed by atoms with Crippen LogP contribution < -0.4 is 14.4 Å². The number of amides is 2. The van der Waals surface area contributed by atoms with Gasteiger partial charge >= 0.3 is 0 Å². The van der Waals surface area contributed by atoms with Gasteiger partial charge in [-0.15, -0.1) is 0 Å². The number of methoxy groups -OCH3 is 1. The molecular weight excluding hydrogens is 546 g/mol. The number of nitrogens with zero attached hydrogens (tertiary/aromatic N) is 2. The van der Waals surface area contributed by atoms with Crippen molar-refractivity contribution < 1.29 is 22.7 Å². The van der Waals surface area contributed by atoms with Crippen molar-refractivity contribution in [2.24, 2.45) is 5.92 Å². The zero-order valence-electron chi connectivity index (χ0n) is 21.5. The molecule has 0 unspecified atom stereocenters. The third-order valence-electron chi connectivity index (χ3n) is 5.61. The molecule has 10 heteroatoms. The molecule has 0 aliphatic rings. The molecule has 0 saturated heterocycles. The van der Waals surface area contributed by atoms with E-state index in [9.17, 15) is 18.0 Å². The molecule has 0 saturated carbocycles. The molecule has 2 aromatic carbocycles. The van der Waals surface area contributed by atoms with E-state index in [4.69, 9.17) is 4.74 Å². The number of nitrogens with one attached hydrogen (secondary N) is 1. The predicted octanol–water partition coefficient (Wildman–Crippen LogP) is 4.19. The Balaban J connectivity index is 2.16. The molecule has 0 spiro atoms. The molecule has 0 fully saturated rings. The SMILES string of the molecule is COc1cccc(N(CCCC(=O)N(Cc2ccc(Br)cc2)[C@H](C)C(=O)NCC(C)C)S(C)(=O)=O)c1. The Morgan fingerprint density at radius 2 is 1.75 bits per heavy atom. The maximum atomic E-state index is 13.3. The fraction of sp³-hybridized carbons (Fsp3) is 0.462. The highest BCUT2D eigenvalue weighted by molar-refractivity contribution is 9.10. The van der Waals surface area contributed by atoms with E-state index in [1.54, 1.807) is 36.1 Å². The van der Waals surface area contributed by atoms with Crippen LogP contribution >= 0.6 is 15.9 Å². The van der Waals surface area contributed by atoms with Crippen LogP contribution in [0.5, 0.6) is 5.75 Å². The summed E-state index contributed by atoms with van der Waals surface area (Å²) < 4.78 is 32.3. The summed E-state index contributed by atoms with van der Waals surface area (Å²) in [6.07, 6.45) is 1.52. The summed E-state index contributed by atoms with van der Waals surface area (Å²) >= 11 is 3.41. The topological polar surface area (TPSA) is 96.0 Å². The van der Waals surface area contributed by atoms with Crippen LogP contribution in [0.4, 0.5) is 5.69 Å². The van der Waals surface area contributed by atoms with Gasteiger partial charge in [-0.25, -0.2) is 8.42 Å². The van der Waals surface area contributed by atoms with Gasteiger partial charge in [0.15, 0.2) is 0 Å². The molecule has 1 N–H and O–H groups in total. The van der Waals surface area contributed by atoms with Gasteiger partial charge in [0.05, 0.1) is 19.1 Å². The van der Waals surface area contributed by atoms with Crippen molar-refractivity contribution in [3.8, 4) is 5.75 Å². The highest BCUT2D eigenvalue weighted by atomic mass is 79.9. The monoisotopic (exact) mass is 581 g/mol. The first-order valence-electron chi connectivity index (χ1n) is 11.9. The fourth-order valence-electron chi connectivity index (χ4n) is 3.59. The minimum Gasteiger partial charge on any atom is -0.497 e. The third-order valence-corrected chi connectivity index (χ3v) is 7.33. The number of rotatable bonds is 13. The Morgan fingerprint density at radius 3 is 2.33 bits per heavy atom. The van der Waals surface area contributed by atoms with E-state index in [0.717, 1.165) is 16.3 Å². The Morgan fingerprint density at radius 1 is 1.08 bits per heavy atom. The van der Waals surface area contributed by atoms with Crippen LogP contribution in [0.25, 0.3) is 0 Å². The van der Waals surface area contributed by atoms with Crippen molar-refractivity contribution in [1.29, 1.82) is 0 Å². The normalized spacial score (nSPS) is 12.2. The highest BCUT2D eigenvalue weighted by Crippen LogP contribution is 2.24. The largest absolute Gasteiger partial charge is 0.497 e. The summed E-state index contributed by atoms with van der Waals surface area (Å²) in [5, 5.41) is 2.90. The van der Waals surface area contributed by atoms with Crippen molar-refractivity contribution in [2.45, 2.75) is 46.2 Å². The van der Waals surface area contributed by atoms with Gasteiger partial charge in [-0.3, -0.25) is 13.9 Å². The van der Waals surface area contributed by atoms with E-state index >= 15 is 0 Å². The van der Waals surface area contributed by atoms with E-state index in [1.807, 2.05) is 38.1 Å². The highest BCUT2D eigenvalue weighted by Gasteiger charge is 2.26. The molecule has 0 heterocycles. The standard InChI is InChI=1S/C26H36BrN3O5S/c1-19(2)17-28-26(32)20(3)29(18-21-11-13-22(27)14-12-21)25(31)10-7-15-30(36(5,33)34)23-8-6-9-24(16-23)35-4/h6,8-9,11-14,16,19-20H,7,10,15,17-18H2,1-5H3,(H,28,32)/t20-/m1/s1. The fourth-order valence-corrected chi connectivity index (χ4v) is 4.81. The molecule has 0 aromatic heterocycles. The second-order valence-corrected chi connectivity index (χ2v) is 11.9. The van der Waals surface area contributed by atoms with E-state index in [-0.39, 0.29) is 37.2 Å². The smallest absolute Gasteiger partial charge is 0.242 e. The van der Waals surface area contributed by atoms with Crippen molar-refractivity contribution >= 4 is 43.5 Å². The Bertz CT molecular complexity index is 1120. The summed E-state index contributed by atoms with van der Waals surface area (Å²) in [6.45, 7) is 6.64. The number of carbonyl (C=O) groups excluding carboxylic acids is 2. The van der Waals surface area contributed by atoms with Crippen LogP contribution in [0.15, 0.2) is 53.0 Å². The lowest BCUT2D eigenvalue weighted by atomic mass is 10.1. The lowest BCUT2D eigenvalue weighted by molar-refractivity contribution is -0.140. The van der Waals surface area contributed by atoms with Crippen LogP contribution in [0.3, 0.4) is 0 Å². The molecule has 198 valence electrons. The zero-order chi connectivity index (χ0) is 26.9. The first-order valence-corrected chi connectivity index (χ1v) is 14.5. The maximum absolute atomic E-state index is 13.3. The molecule has 36 heavy (non-hydrogen) atoms. The molecular formula is C26H36BrN3O5S. The van der Waals surface area contributed by atoms with Crippen LogP contribution in [0.2, 0.25) is 0 Å². The third kappa shape index (κ3) is 9.13. The average molecular weight is 583 g/mol. The number of ether oxygens (including phenoxy) is 1. The number of benzene rings is 2. The number of hydrogen-bond donors (Lipinski definition) is 1. The van der Waals surface area contributed by atoms with E-state index < -0.39 is 16.1 Å². The maximum Gasteiger partial charge on any atom is 0.242 e. The number of carbonyl (C=O) groups is 2. The van der Waals surface area contributed by atoms with Crippen LogP contribution in [-0.4, -0.2) is 57.6 Å². The minimum atomic E-state index is -3.57. The molecule has 2 rings (SSSR count). The molecule has 0 bridgehead atoms. The summed E-state index contributed by atoms with van der Waals surface area (Å²) in [6, 6.07) is 13.7. The van der Waals surface area contributed by atoms with E-state index in [1.165, 1.54) is 11.4 Å². The second-order valence-electron chi connectivity index (χ2n) is 9.10. The summed E-state index contributed by atoms with van der Waals surface area (Å²) in [4.78, 5) is 27.7. The molecule has 2 amide bonds. The molecule has 0 aliphatic carbocycles. The van der Waals surface area contributed by atoms with Gasteiger partial charge in [0.25, 0.3) is 0 Å². The predicted molar refractivity (Wildman–Crippen MR) is 146 cm³/mol. The van der Waals surface area contributed by atoms with Crippen LogP contribution in [0, 0.1) is 5.92 Å². The van der Waals surface area contributed by atoms with Crippen LogP contribution in [0.1, 0.15) is 39.2 Å². The Hall–Kier alpha value is -2.59. The lowest BCUT2D eigenvalue weighted by Crippen LogP contribution is -2.48. The van der Waals surface area contributed by atoms with Gasteiger partial charge in [-0.05, 0) is 49.1 Å². The molecule has 2 aromatic rings. The first-order chi connectivity index (χ1) is 16.9. The van der Waals surface area contributed by atoms with E-state index in [2.05, 4.69) is 21.2 Å². The molecule has 0 aliphatic heterocycles. The molecule has 1 atom stereocenters. The Kier molecular flexibility index (Phi) is 11.2. The van der Waals surface area contributed by atoms with Gasteiger partial charge < -0.3 is 15.0 Å². The summed E-state index contributed by atoms with van der Waals surface area (Å²) in [7, 11) is -2.06. The van der Waals surface area contributed by atoms with Gasteiger partial charge in [0, 0.05) is 36.6 Å².